The SMILES string of the molecule is CCOC(=O)C1=C(C)N2CCNC2=C(C(=O)OCC)C1c1ccccn1. The zero-order valence-corrected chi connectivity index (χ0v) is 15.2. The minimum Gasteiger partial charge on any atom is -0.463 e. The molecule has 1 fully saturated rings. The molecule has 0 amide bonds. The molecule has 1 atom stereocenters. The van der Waals surface area contributed by atoms with Crippen molar-refractivity contribution >= 4 is 11.9 Å². The highest BCUT2D eigenvalue weighted by Crippen LogP contribution is 2.42. The van der Waals surface area contributed by atoms with E-state index in [0.29, 0.717) is 35.8 Å². The average molecular weight is 357 g/mol. The molecule has 1 unspecified atom stereocenters. The highest BCUT2D eigenvalue weighted by atomic mass is 16.5. The van der Waals surface area contributed by atoms with Gasteiger partial charge in [-0.1, -0.05) is 6.07 Å². The van der Waals surface area contributed by atoms with Gasteiger partial charge in [-0.25, -0.2) is 9.59 Å². The number of nitrogens with zero attached hydrogens (tertiary/aromatic N) is 2. The first kappa shape index (κ1) is 18.0. The molecule has 3 rings (SSSR count). The van der Waals surface area contributed by atoms with Gasteiger partial charge in [0.25, 0.3) is 0 Å². The molecule has 3 heterocycles. The Morgan fingerprint density at radius 2 is 1.88 bits per heavy atom. The van der Waals surface area contributed by atoms with Gasteiger partial charge in [-0.15, -0.1) is 0 Å². The molecule has 1 aromatic rings. The summed E-state index contributed by atoms with van der Waals surface area (Å²) in [6, 6.07) is 5.44. The van der Waals surface area contributed by atoms with Gasteiger partial charge in [-0.3, -0.25) is 4.98 Å². The van der Waals surface area contributed by atoms with E-state index in [-0.39, 0.29) is 13.2 Å². The number of nitrogens with one attached hydrogen (secondary N) is 1. The molecule has 7 nitrogen and oxygen atoms in total. The Balaban J connectivity index is 2.20. The Labute approximate surface area is 152 Å². The van der Waals surface area contributed by atoms with Crippen molar-refractivity contribution in [1.29, 1.82) is 0 Å². The fraction of sp³-hybridized carbons (Fsp3) is 0.421. The summed E-state index contributed by atoms with van der Waals surface area (Å²) in [7, 11) is 0. The molecule has 1 aromatic heterocycles. The lowest BCUT2D eigenvalue weighted by Gasteiger charge is -2.34. The zero-order chi connectivity index (χ0) is 18.7. The quantitative estimate of drug-likeness (QED) is 0.803. The normalized spacial score (nSPS) is 19.2. The summed E-state index contributed by atoms with van der Waals surface area (Å²) >= 11 is 0. The molecule has 0 radical (unpaired) electrons. The van der Waals surface area contributed by atoms with E-state index in [1.165, 1.54) is 0 Å². The highest BCUT2D eigenvalue weighted by molar-refractivity contribution is 5.99. The molecule has 2 aliphatic heterocycles. The van der Waals surface area contributed by atoms with Crippen molar-refractivity contribution in [3.8, 4) is 0 Å². The van der Waals surface area contributed by atoms with Crippen LogP contribution in [0.5, 0.6) is 0 Å². The first-order valence-electron chi connectivity index (χ1n) is 8.81. The molecule has 1 N–H and O–H groups in total. The lowest BCUT2D eigenvalue weighted by molar-refractivity contribution is -0.139. The zero-order valence-electron chi connectivity index (χ0n) is 15.2. The van der Waals surface area contributed by atoms with Crippen LogP contribution in [-0.2, 0) is 19.1 Å². The van der Waals surface area contributed by atoms with E-state index in [1.54, 1.807) is 26.1 Å². The maximum atomic E-state index is 12.8. The molecule has 1 saturated heterocycles. The first-order chi connectivity index (χ1) is 12.6. The number of pyridine rings is 1. The summed E-state index contributed by atoms with van der Waals surface area (Å²) < 4.78 is 10.6. The Morgan fingerprint density at radius 3 is 2.50 bits per heavy atom. The third kappa shape index (κ3) is 3.05. The fourth-order valence-electron chi connectivity index (χ4n) is 3.44. The number of hydrogen-bond donors (Lipinski definition) is 1. The molecule has 0 bridgehead atoms. The van der Waals surface area contributed by atoms with Crippen molar-refractivity contribution in [3.05, 3.63) is 52.8 Å². The van der Waals surface area contributed by atoms with Crippen molar-refractivity contribution < 1.29 is 19.1 Å². The van der Waals surface area contributed by atoms with E-state index in [9.17, 15) is 9.59 Å². The van der Waals surface area contributed by atoms with Gasteiger partial charge in [-0.05, 0) is 32.9 Å². The number of esters is 2. The number of aromatic nitrogens is 1. The van der Waals surface area contributed by atoms with Gasteiger partial charge in [0.1, 0.15) is 5.82 Å². The maximum Gasteiger partial charge on any atom is 0.338 e. The van der Waals surface area contributed by atoms with Crippen LogP contribution in [-0.4, -0.2) is 48.1 Å². The van der Waals surface area contributed by atoms with Crippen molar-refractivity contribution in [3.63, 3.8) is 0 Å². The lowest BCUT2D eigenvalue weighted by Crippen LogP contribution is -2.36. The van der Waals surface area contributed by atoms with Gasteiger partial charge >= 0.3 is 11.9 Å². The van der Waals surface area contributed by atoms with Crippen LogP contribution in [0.2, 0.25) is 0 Å². The molecule has 0 spiro atoms. The molecular formula is C19H23N3O4. The monoisotopic (exact) mass is 357 g/mol. The Morgan fingerprint density at radius 1 is 1.19 bits per heavy atom. The molecule has 0 aliphatic carbocycles. The van der Waals surface area contributed by atoms with Crippen LogP contribution in [0.3, 0.4) is 0 Å². The largest absolute Gasteiger partial charge is 0.463 e. The summed E-state index contributed by atoms with van der Waals surface area (Å²) in [5.74, 6) is -0.837. The van der Waals surface area contributed by atoms with E-state index >= 15 is 0 Å². The van der Waals surface area contributed by atoms with E-state index in [1.807, 2.05) is 24.0 Å². The number of hydrogen-bond acceptors (Lipinski definition) is 7. The van der Waals surface area contributed by atoms with Crippen molar-refractivity contribution in [2.45, 2.75) is 26.7 Å². The number of ether oxygens (including phenoxy) is 2. The molecule has 0 aromatic carbocycles. The maximum absolute atomic E-state index is 12.8. The third-order valence-electron chi connectivity index (χ3n) is 4.50. The smallest absolute Gasteiger partial charge is 0.338 e. The van der Waals surface area contributed by atoms with E-state index in [4.69, 9.17) is 9.47 Å². The minimum atomic E-state index is -0.633. The average Bonchev–Trinajstić information content (AvgIpc) is 3.12. The predicted octanol–water partition coefficient (Wildman–Crippen LogP) is 1.70. The van der Waals surface area contributed by atoms with Crippen LogP contribution in [0, 0.1) is 0 Å². The first-order valence-corrected chi connectivity index (χ1v) is 8.81. The Hall–Kier alpha value is -2.83. The summed E-state index contributed by atoms with van der Waals surface area (Å²) in [4.78, 5) is 31.9. The molecule has 2 aliphatic rings. The molecule has 7 heteroatoms. The lowest BCUT2D eigenvalue weighted by atomic mass is 9.83. The van der Waals surface area contributed by atoms with Crippen LogP contribution in [0.25, 0.3) is 0 Å². The standard InChI is InChI=1S/C19H23N3O4/c1-4-25-18(23)14-12(3)22-11-10-21-17(22)16(19(24)26-5-2)15(14)13-8-6-7-9-20-13/h6-9,15,21H,4-5,10-11H2,1-3H3. The van der Waals surface area contributed by atoms with Crippen LogP contribution in [0.1, 0.15) is 32.4 Å². The van der Waals surface area contributed by atoms with Crippen LogP contribution >= 0.6 is 0 Å². The second kappa shape index (κ2) is 7.59. The summed E-state index contributed by atoms with van der Waals surface area (Å²) in [5.41, 5.74) is 2.21. The second-order valence-electron chi connectivity index (χ2n) is 5.97. The van der Waals surface area contributed by atoms with Gasteiger partial charge in [0.15, 0.2) is 0 Å². The summed E-state index contributed by atoms with van der Waals surface area (Å²) in [6.45, 7) is 7.25. The van der Waals surface area contributed by atoms with Crippen molar-refractivity contribution in [1.82, 2.24) is 15.2 Å². The molecule has 138 valence electrons. The Kier molecular flexibility index (Phi) is 5.25. The van der Waals surface area contributed by atoms with E-state index in [0.717, 1.165) is 5.70 Å². The Bertz CT molecular complexity index is 770. The number of rotatable bonds is 5. The number of allylic oxidation sites excluding steroid dienone is 1. The van der Waals surface area contributed by atoms with Crippen LogP contribution in [0.15, 0.2) is 47.1 Å². The fourth-order valence-corrected chi connectivity index (χ4v) is 3.44. The van der Waals surface area contributed by atoms with Crippen LogP contribution in [0.4, 0.5) is 0 Å². The topological polar surface area (TPSA) is 80.8 Å². The third-order valence-corrected chi connectivity index (χ3v) is 4.50. The van der Waals surface area contributed by atoms with Gasteiger partial charge in [-0.2, -0.15) is 0 Å². The van der Waals surface area contributed by atoms with Crippen molar-refractivity contribution in [2.75, 3.05) is 26.3 Å². The van der Waals surface area contributed by atoms with Gasteiger partial charge in [0.05, 0.1) is 36.0 Å². The summed E-state index contributed by atoms with van der Waals surface area (Å²) in [5, 5.41) is 3.26. The highest BCUT2D eigenvalue weighted by Gasteiger charge is 2.43. The van der Waals surface area contributed by atoms with Crippen molar-refractivity contribution in [2.24, 2.45) is 0 Å². The number of carbonyl (C=O) groups excluding carboxylic acids is 2. The minimum absolute atomic E-state index is 0.252. The van der Waals surface area contributed by atoms with E-state index in [2.05, 4.69) is 10.3 Å². The number of fused-ring (bicyclic) bond motifs is 1. The molecule has 0 saturated carbocycles. The van der Waals surface area contributed by atoms with Gasteiger partial charge in [0.2, 0.25) is 0 Å². The van der Waals surface area contributed by atoms with Gasteiger partial charge in [0, 0.05) is 25.0 Å². The predicted molar refractivity (Wildman–Crippen MR) is 94.7 cm³/mol. The molecular weight excluding hydrogens is 334 g/mol. The van der Waals surface area contributed by atoms with Gasteiger partial charge < -0.3 is 19.7 Å². The van der Waals surface area contributed by atoms with Crippen LogP contribution < -0.4 is 5.32 Å². The summed E-state index contributed by atoms with van der Waals surface area (Å²) in [6.07, 6.45) is 1.65. The second-order valence-corrected chi connectivity index (χ2v) is 5.97. The molecule has 26 heavy (non-hydrogen) atoms. The number of carbonyl (C=O) groups is 2. The van der Waals surface area contributed by atoms with E-state index < -0.39 is 17.9 Å².